The molecule has 1 aliphatic heterocycles. The van der Waals surface area contributed by atoms with Crippen LogP contribution in [0.5, 0.6) is 0 Å². The maximum absolute atomic E-state index is 12.6. The van der Waals surface area contributed by atoms with Gasteiger partial charge in [0.2, 0.25) is 0 Å². The van der Waals surface area contributed by atoms with Gasteiger partial charge in [0.25, 0.3) is 5.91 Å². The van der Waals surface area contributed by atoms with Gasteiger partial charge in [0.15, 0.2) is 0 Å². The van der Waals surface area contributed by atoms with Crippen LogP contribution in [0.1, 0.15) is 23.2 Å². The molecule has 21 heavy (non-hydrogen) atoms. The number of carbonyl (C=O) groups is 2. The van der Waals surface area contributed by atoms with Crippen molar-refractivity contribution >= 4 is 17.6 Å². The average molecular weight is 290 g/mol. The van der Waals surface area contributed by atoms with Gasteiger partial charge in [-0.2, -0.15) is 0 Å². The molecule has 3 amide bonds. The molecule has 1 fully saturated rings. The smallest absolute Gasteiger partial charge is 0.312 e. The first-order valence-electron chi connectivity index (χ1n) is 7.21. The number of carbonyl (C=O) groups excluding carboxylic acids is 2. The third-order valence-corrected chi connectivity index (χ3v) is 3.80. The van der Waals surface area contributed by atoms with Gasteiger partial charge in [0.05, 0.1) is 5.56 Å². The molecule has 1 atom stereocenters. The SMILES string of the molecule is CNc1ccccc1C(=O)N1CCCC(CNC(N)=O)C1. The Morgan fingerprint density at radius 2 is 2.14 bits per heavy atom. The summed E-state index contributed by atoms with van der Waals surface area (Å²) in [6.45, 7) is 1.92. The Labute approximate surface area is 124 Å². The maximum Gasteiger partial charge on any atom is 0.312 e. The maximum atomic E-state index is 12.6. The molecule has 1 aliphatic rings. The summed E-state index contributed by atoms with van der Waals surface area (Å²) in [6.07, 6.45) is 1.94. The van der Waals surface area contributed by atoms with Crippen LogP contribution in [-0.4, -0.2) is 43.5 Å². The minimum Gasteiger partial charge on any atom is -0.387 e. The van der Waals surface area contributed by atoms with E-state index in [9.17, 15) is 9.59 Å². The van der Waals surface area contributed by atoms with E-state index in [1.165, 1.54) is 0 Å². The summed E-state index contributed by atoms with van der Waals surface area (Å²) in [7, 11) is 1.81. The first-order chi connectivity index (χ1) is 10.1. The van der Waals surface area contributed by atoms with Crippen molar-refractivity contribution < 1.29 is 9.59 Å². The van der Waals surface area contributed by atoms with Crippen LogP contribution in [0.3, 0.4) is 0 Å². The van der Waals surface area contributed by atoms with Gasteiger partial charge in [-0.25, -0.2) is 4.79 Å². The van der Waals surface area contributed by atoms with Gasteiger partial charge in [0, 0.05) is 32.4 Å². The summed E-state index contributed by atoms with van der Waals surface area (Å²) in [6, 6.07) is 6.98. The number of hydrogen-bond donors (Lipinski definition) is 3. The van der Waals surface area contributed by atoms with Crippen LogP contribution in [0.2, 0.25) is 0 Å². The van der Waals surface area contributed by atoms with E-state index < -0.39 is 6.03 Å². The number of amides is 3. The predicted molar refractivity (Wildman–Crippen MR) is 82.2 cm³/mol. The van der Waals surface area contributed by atoms with Crippen LogP contribution in [0.25, 0.3) is 0 Å². The van der Waals surface area contributed by atoms with Crippen LogP contribution in [0.15, 0.2) is 24.3 Å². The summed E-state index contributed by atoms with van der Waals surface area (Å²) in [5.41, 5.74) is 6.61. The Balaban J connectivity index is 2.03. The molecule has 1 heterocycles. The Morgan fingerprint density at radius 3 is 2.86 bits per heavy atom. The van der Waals surface area contributed by atoms with E-state index >= 15 is 0 Å². The first kappa shape index (κ1) is 15.2. The van der Waals surface area contributed by atoms with Crippen molar-refractivity contribution in [2.75, 3.05) is 32.0 Å². The number of nitrogens with zero attached hydrogens (tertiary/aromatic N) is 1. The molecule has 1 aromatic carbocycles. The molecule has 6 heteroatoms. The highest BCUT2D eigenvalue weighted by atomic mass is 16.2. The highest BCUT2D eigenvalue weighted by Crippen LogP contribution is 2.21. The molecule has 0 aliphatic carbocycles. The zero-order valence-electron chi connectivity index (χ0n) is 12.3. The normalized spacial score (nSPS) is 18.1. The molecular formula is C15H22N4O2. The second-order valence-electron chi connectivity index (χ2n) is 5.30. The third-order valence-electron chi connectivity index (χ3n) is 3.80. The minimum atomic E-state index is -0.515. The van der Waals surface area contributed by atoms with Gasteiger partial charge < -0.3 is 21.3 Å². The molecule has 2 rings (SSSR count). The molecule has 0 bridgehead atoms. The zero-order chi connectivity index (χ0) is 15.2. The molecule has 0 spiro atoms. The molecule has 0 radical (unpaired) electrons. The van der Waals surface area contributed by atoms with Crippen molar-refractivity contribution in [2.45, 2.75) is 12.8 Å². The molecule has 0 saturated carbocycles. The second-order valence-corrected chi connectivity index (χ2v) is 5.30. The number of benzene rings is 1. The Kier molecular flexibility index (Phi) is 5.03. The van der Waals surface area contributed by atoms with Crippen molar-refractivity contribution in [3.63, 3.8) is 0 Å². The van der Waals surface area contributed by atoms with Crippen LogP contribution in [-0.2, 0) is 0 Å². The van der Waals surface area contributed by atoms with Gasteiger partial charge in [-0.3, -0.25) is 4.79 Å². The van der Waals surface area contributed by atoms with E-state index in [0.29, 0.717) is 18.7 Å². The van der Waals surface area contributed by atoms with Gasteiger partial charge in [-0.15, -0.1) is 0 Å². The summed E-state index contributed by atoms with van der Waals surface area (Å²) < 4.78 is 0. The molecule has 0 aromatic heterocycles. The van der Waals surface area contributed by atoms with E-state index in [1.807, 2.05) is 36.2 Å². The topological polar surface area (TPSA) is 87.5 Å². The number of para-hydroxylation sites is 1. The Morgan fingerprint density at radius 1 is 1.38 bits per heavy atom. The number of anilines is 1. The molecule has 114 valence electrons. The third kappa shape index (κ3) is 3.87. The van der Waals surface area contributed by atoms with Gasteiger partial charge in [0.1, 0.15) is 0 Å². The highest BCUT2D eigenvalue weighted by Gasteiger charge is 2.25. The molecule has 1 unspecified atom stereocenters. The second kappa shape index (κ2) is 6.97. The zero-order valence-corrected chi connectivity index (χ0v) is 12.3. The lowest BCUT2D eigenvalue weighted by Gasteiger charge is -2.33. The van der Waals surface area contributed by atoms with Crippen molar-refractivity contribution in [3.05, 3.63) is 29.8 Å². The predicted octanol–water partition coefficient (Wildman–Crippen LogP) is 1.25. The van der Waals surface area contributed by atoms with Crippen LogP contribution < -0.4 is 16.4 Å². The fourth-order valence-electron chi connectivity index (χ4n) is 2.72. The van der Waals surface area contributed by atoms with E-state index in [-0.39, 0.29) is 11.8 Å². The number of nitrogens with two attached hydrogens (primary N) is 1. The molecular weight excluding hydrogens is 268 g/mol. The van der Waals surface area contributed by atoms with Crippen LogP contribution in [0.4, 0.5) is 10.5 Å². The summed E-state index contributed by atoms with van der Waals surface area (Å²) in [4.78, 5) is 25.3. The standard InChI is InChI=1S/C15H22N4O2/c1-17-13-7-3-2-6-12(13)14(20)19-8-4-5-11(10-19)9-18-15(16)21/h2-3,6-7,11,17H,4-5,8-10H2,1H3,(H3,16,18,21). The summed E-state index contributed by atoms with van der Waals surface area (Å²) >= 11 is 0. The minimum absolute atomic E-state index is 0.0312. The number of hydrogen-bond acceptors (Lipinski definition) is 3. The number of rotatable bonds is 4. The fourth-order valence-corrected chi connectivity index (χ4v) is 2.72. The van der Waals surface area contributed by atoms with E-state index in [2.05, 4.69) is 10.6 Å². The van der Waals surface area contributed by atoms with Crippen molar-refractivity contribution in [3.8, 4) is 0 Å². The molecule has 1 aromatic rings. The Hall–Kier alpha value is -2.24. The number of likely N-dealkylation sites (tertiary alicyclic amines) is 1. The molecule has 1 saturated heterocycles. The highest BCUT2D eigenvalue weighted by molar-refractivity contribution is 5.99. The first-order valence-corrected chi connectivity index (χ1v) is 7.21. The van der Waals surface area contributed by atoms with Crippen LogP contribution in [0, 0.1) is 5.92 Å². The van der Waals surface area contributed by atoms with Crippen molar-refractivity contribution in [2.24, 2.45) is 11.7 Å². The monoisotopic (exact) mass is 290 g/mol. The largest absolute Gasteiger partial charge is 0.387 e. The lowest BCUT2D eigenvalue weighted by molar-refractivity contribution is 0.0676. The summed E-state index contributed by atoms with van der Waals surface area (Å²) in [5, 5.41) is 5.67. The van der Waals surface area contributed by atoms with Gasteiger partial charge in [-0.1, -0.05) is 12.1 Å². The van der Waals surface area contributed by atoms with Gasteiger partial charge >= 0.3 is 6.03 Å². The summed E-state index contributed by atoms with van der Waals surface area (Å²) in [5.74, 6) is 0.292. The fraction of sp³-hybridized carbons (Fsp3) is 0.467. The average Bonchev–Trinajstić information content (AvgIpc) is 2.52. The van der Waals surface area contributed by atoms with E-state index in [1.54, 1.807) is 0 Å². The van der Waals surface area contributed by atoms with Crippen molar-refractivity contribution in [1.29, 1.82) is 0 Å². The molecule has 6 nitrogen and oxygen atoms in total. The molecule has 4 N–H and O–H groups in total. The van der Waals surface area contributed by atoms with E-state index in [0.717, 1.165) is 25.1 Å². The number of piperidine rings is 1. The number of urea groups is 1. The number of primary amides is 1. The van der Waals surface area contributed by atoms with Crippen LogP contribution >= 0.6 is 0 Å². The quantitative estimate of drug-likeness (QED) is 0.780. The number of nitrogens with one attached hydrogen (secondary N) is 2. The van der Waals surface area contributed by atoms with E-state index in [4.69, 9.17) is 5.73 Å². The van der Waals surface area contributed by atoms with Crippen molar-refractivity contribution in [1.82, 2.24) is 10.2 Å². The lowest BCUT2D eigenvalue weighted by atomic mass is 9.97. The van der Waals surface area contributed by atoms with Gasteiger partial charge in [-0.05, 0) is 30.9 Å². The lowest BCUT2D eigenvalue weighted by Crippen LogP contribution is -2.44. The Bertz CT molecular complexity index is 518.